The Morgan fingerprint density at radius 2 is 2.05 bits per heavy atom. The third kappa shape index (κ3) is 2.79. The van der Waals surface area contributed by atoms with Crippen LogP contribution in [0.5, 0.6) is 0 Å². The van der Waals surface area contributed by atoms with Crippen molar-refractivity contribution in [2.24, 2.45) is 0 Å². The predicted molar refractivity (Wildman–Crippen MR) is 85.4 cm³/mol. The first-order valence-electron chi connectivity index (χ1n) is 7.65. The van der Waals surface area contributed by atoms with Gasteiger partial charge in [-0.3, -0.25) is 0 Å². The lowest BCUT2D eigenvalue weighted by Gasteiger charge is -2.31. The van der Waals surface area contributed by atoms with Crippen molar-refractivity contribution in [2.75, 3.05) is 11.4 Å². The summed E-state index contributed by atoms with van der Waals surface area (Å²) >= 11 is 0. The summed E-state index contributed by atoms with van der Waals surface area (Å²) in [5.41, 5.74) is 4.89. The Bertz CT molecular complexity index is 639. The Balaban J connectivity index is 1.85. The van der Waals surface area contributed by atoms with Crippen molar-refractivity contribution in [1.82, 2.24) is 4.98 Å². The van der Waals surface area contributed by atoms with Gasteiger partial charge in [0.2, 0.25) is 0 Å². The molecule has 0 aliphatic carbocycles. The number of fused-ring (bicyclic) bond motifs is 1. The molecule has 2 aromatic rings. The highest BCUT2D eigenvalue weighted by Crippen LogP contribution is 2.27. The minimum Gasteiger partial charge on any atom is -0.388 e. The normalized spacial score (nSPS) is 15.7. The lowest BCUT2D eigenvalue weighted by Crippen LogP contribution is -2.31. The number of nitrogens with zero attached hydrogens (tertiary/aromatic N) is 2. The molecule has 0 amide bonds. The first kappa shape index (κ1) is 14.1. The van der Waals surface area contributed by atoms with Crippen LogP contribution in [0.15, 0.2) is 36.5 Å². The SMILES string of the molecule is CCC(O)c1cnc(N2CCc3ccccc3C2)c(C)c1. The number of aryl methyl sites for hydroxylation is 1. The molecule has 21 heavy (non-hydrogen) atoms. The highest BCUT2D eigenvalue weighted by atomic mass is 16.3. The summed E-state index contributed by atoms with van der Waals surface area (Å²) in [5.74, 6) is 1.04. The zero-order valence-electron chi connectivity index (χ0n) is 12.7. The van der Waals surface area contributed by atoms with Gasteiger partial charge in [0.15, 0.2) is 0 Å². The maximum absolute atomic E-state index is 9.93. The number of aromatic nitrogens is 1. The van der Waals surface area contributed by atoms with Crippen molar-refractivity contribution in [2.45, 2.75) is 39.3 Å². The van der Waals surface area contributed by atoms with E-state index in [0.29, 0.717) is 0 Å². The fourth-order valence-corrected chi connectivity index (χ4v) is 3.01. The van der Waals surface area contributed by atoms with Gasteiger partial charge in [0.25, 0.3) is 0 Å². The van der Waals surface area contributed by atoms with Gasteiger partial charge in [0.05, 0.1) is 6.10 Å². The molecule has 0 saturated heterocycles. The van der Waals surface area contributed by atoms with Crippen molar-refractivity contribution < 1.29 is 5.11 Å². The molecule has 1 aliphatic rings. The number of aliphatic hydroxyl groups excluding tert-OH is 1. The molecule has 1 atom stereocenters. The van der Waals surface area contributed by atoms with Crippen molar-refractivity contribution in [3.63, 3.8) is 0 Å². The average Bonchev–Trinajstić information content (AvgIpc) is 2.53. The number of anilines is 1. The second-order valence-corrected chi connectivity index (χ2v) is 5.77. The van der Waals surface area contributed by atoms with Crippen molar-refractivity contribution in [3.8, 4) is 0 Å². The molecule has 1 aliphatic heterocycles. The van der Waals surface area contributed by atoms with Gasteiger partial charge in [-0.2, -0.15) is 0 Å². The molecular formula is C18H22N2O. The van der Waals surface area contributed by atoms with E-state index in [9.17, 15) is 5.11 Å². The number of hydrogen-bond donors (Lipinski definition) is 1. The smallest absolute Gasteiger partial charge is 0.131 e. The molecule has 0 fully saturated rings. The van der Waals surface area contributed by atoms with E-state index in [-0.39, 0.29) is 0 Å². The van der Waals surface area contributed by atoms with E-state index in [1.165, 1.54) is 11.1 Å². The highest BCUT2D eigenvalue weighted by Gasteiger charge is 2.19. The maximum atomic E-state index is 9.93. The van der Waals surface area contributed by atoms with Gasteiger partial charge < -0.3 is 10.0 Å². The van der Waals surface area contributed by atoms with Crippen molar-refractivity contribution >= 4 is 5.82 Å². The molecule has 3 nitrogen and oxygen atoms in total. The maximum Gasteiger partial charge on any atom is 0.131 e. The molecule has 2 heterocycles. The van der Waals surface area contributed by atoms with E-state index in [0.717, 1.165) is 42.9 Å². The molecular weight excluding hydrogens is 260 g/mol. The first-order chi connectivity index (χ1) is 10.2. The zero-order valence-corrected chi connectivity index (χ0v) is 12.7. The van der Waals surface area contributed by atoms with Gasteiger partial charge >= 0.3 is 0 Å². The molecule has 1 unspecified atom stereocenters. The largest absolute Gasteiger partial charge is 0.388 e. The molecule has 0 saturated carbocycles. The van der Waals surface area contributed by atoms with Gasteiger partial charge in [-0.1, -0.05) is 31.2 Å². The third-order valence-corrected chi connectivity index (χ3v) is 4.27. The topological polar surface area (TPSA) is 36.4 Å². The summed E-state index contributed by atoms with van der Waals surface area (Å²) < 4.78 is 0. The molecule has 1 aromatic heterocycles. The van der Waals surface area contributed by atoms with Crippen LogP contribution in [0, 0.1) is 6.92 Å². The van der Waals surface area contributed by atoms with E-state index in [4.69, 9.17) is 0 Å². The number of pyridine rings is 1. The van der Waals surface area contributed by atoms with Crippen LogP contribution in [-0.4, -0.2) is 16.6 Å². The summed E-state index contributed by atoms with van der Waals surface area (Å²) in [4.78, 5) is 6.94. The fraction of sp³-hybridized carbons (Fsp3) is 0.389. The van der Waals surface area contributed by atoms with E-state index >= 15 is 0 Å². The quantitative estimate of drug-likeness (QED) is 0.937. The molecule has 0 spiro atoms. The highest BCUT2D eigenvalue weighted by molar-refractivity contribution is 5.50. The number of benzene rings is 1. The summed E-state index contributed by atoms with van der Waals surface area (Å²) in [7, 11) is 0. The van der Waals surface area contributed by atoms with E-state index in [1.54, 1.807) is 0 Å². The minimum absolute atomic E-state index is 0.410. The van der Waals surface area contributed by atoms with Crippen LogP contribution in [-0.2, 0) is 13.0 Å². The Hall–Kier alpha value is -1.87. The van der Waals surface area contributed by atoms with Gasteiger partial charge in [-0.05, 0) is 48.1 Å². The minimum atomic E-state index is -0.410. The average molecular weight is 282 g/mol. The van der Waals surface area contributed by atoms with Crippen LogP contribution >= 0.6 is 0 Å². The Labute approximate surface area is 126 Å². The molecule has 3 heteroatoms. The summed E-state index contributed by atoms with van der Waals surface area (Å²) in [5, 5.41) is 9.93. The van der Waals surface area contributed by atoms with Gasteiger partial charge in [-0.25, -0.2) is 4.98 Å². The van der Waals surface area contributed by atoms with Crippen LogP contribution in [0.1, 0.15) is 41.7 Å². The number of rotatable bonds is 3. The molecule has 110 valence electrons. The molecule has 3 rings (SSSR count). The standard InChI is InChI=1S/C18H22N2O/c1-3-17(21)16-10-13(2)18(19-11-16)20-9-8-14-6-4-5-7-15(14)12-20/h4-7,10-11,17,21H,3,8-9,12H2,1-2H3. The predicted octanol–water partition coefficient (Wildman–Crippen LogP) is 3.40. The lowest BCUT2D eigenvalue weighted by molar-refractivity contribution is 0.173. The van der Waals surface area contributed by atoms with Crippen molar-refractivity contribution in [3.05, 3.63) is 58.8 Å². The molecule has 1 N–H and O–H groups in total. The third-order valence-electron chi connectivity index (χ3n) is 4.27. The van der Waals surface area contributed by atoms with Crippen LogP contribution < -0.4 is 4.90 Å². The van der Waals surface area contributed by atoms with Crippen LogP contribution in [0.25, 0.3) is 0 Å². The second kappa shape index (κ2) is 5.86. The zero-order chi connectivity index (χ0) is 14.8. The lowest BCUT2D eigenvalue weighted by atomic mass is 9.99. The Morgan fingerprint density at radius 1 is 1.29 bits per heavy atom. The van der Waals surface area contributed by atoms with E-state index in [1.807, 2.05) is 13.1 Å². The monoisotopic (exact) mass is 282 g/mol. The number of hydrogen-bond acceptors (Lipinski definition) is 3. The Morgan fingerprint density at radius 3 is 2.76 bits per heavy atom. The summed E-state index contributed by atoms with van der Waals surface area (Å²) in [6.45, 7) is 5.98. The molecule has 0 bridgehead atoms. The van der Waals surface area contributed by atoms with Gasteiger partial charge in [-0.15, -0.1) is 0 Å². The molecule has 0 radical (unpaired) electrons. The van der Waals surface area contributed by atoms with E-state index in [2.05, 4.69) is 47.1 Å². The summed E-state index contributed by atoms with van der Waals surface area (Å²) in [6, 6.07) is 10.7. The van der Waals surface area contributed by atoms with Crippen LogP contribution in [0.4, 0.5) is 5.82 Å². The molecule has 1 aromatic carbocycles. The van der Waals surface area contributed by atoms with Crippen LogP contribution in [0.3, 0.4) is 0 Å². The van der Waals surface area contributed by atoms with Gasteiger partial charge in [0, 0.05) is 19.3 Å². The fourth-order valence-electron chi connectivity index (χ4n) is 3.01. The second-order valence-electron chi connectivity index (χ2n) is 5.77. The summed E-state index contributed by atoms with van der Waals surface area (Å²) in [6.07, 6.45) is 3.19. The van der Waals surface area contributed by atoms with Crippen molar-refractivity contribution in [1.29, 1.82) is 0 Å². The van der Waals surface area contributed by atoms with Crippen LogP contribution in [0.2, 0.25) is 0 Å². The van der Waals surface area contributed by atoms with Gasteiger partial charge in [0.1, 0.15) is 5.82 Å². The Kier molecular flexibility index (Phi) is 3.93. The first-order valence-corrected chi connectivity index (χ1v) is 7.65. The number of aliphatic hydroxyl groups is 1. The van der Waals surface area contributed by atoms with E-state index < -0.39 is 6.10 Å².